The van der Waals surface area contributed by atoms with E-state index in [1.165, 1.54) is 6.42 Å². The lowest BCUT2D eigenvalue weighted by molar-refractivity contribution is -0.128. The molecule has 1 aliphatic carbocycles. The summed E-state index contributed by atoms with van der Waals surface area (Å²) in [5.74, 6) is -1.85. The highest BCUT2D eigenvalue weighted by Gasteiger charge is 2.32. The summed E-state index contributed by atoms with van der Waals surface area (Å²) in [4.78, 5) is 28.3. The molecule has 2 rings (SSSR count). The number of sulfone groups is 1. The minimum Gasteiger partial charge on any atom is -0.390 e. The molecule has 2 amide bonds. The molecule has 5 unspecified atom stereocenters. The maximum atomic E-state index is 13.3. The Balaban J connectivity index is 2.06. The second kappa shape index (κ2) is 18.0. The standard InChI is InChI=1S/C32H55N3O6S/c1-23(2)18-29(36)30(37)28(20-26-14-10-7-11-15-26)34-31(38)24(3)21-33-32(39)27(19-25-12-8-6-9-13-25)22-42(40,41)17-16-35(4)5/h6,8-9,12-13,23-24,26-30,36-37H,7,10-11,14-22H2,1-5H3,(H,33,39)(H,34,38). The lowest BCUT2D eigenvalue weighted by Crippen LogP contribution is -2.52. The van der Waals surface area contributed by atoms with Crippen molar-refractivity contribution in [2.45, 2.75) is 90.4 Å². The van der Waals surface area contributed by atoms with Crippen molar-refractivity contribution in [1.82, 2.24) is 15.5 Å². The van der Waals surface area contributed by atoms with Gasteiger partial charge in [0.25, 0.3) is 0 Å². The number of carbonyl (C=O) groups excluding carboxylic acids is 2. The summed E-state index contributed by atoms with van der Waals surface area (Å²) in [6.45, 7) is 6.07. The molecule has 9 nitrogen and oxygen atoms in total. The van der Waals surface area contributed by atoms with E-state index in [-0.39, 0.29) is 36.3 Å². The fourth-order valence-electron chi connectivity index (χ4n) is 5.61. The number of hydrogen-bond donors (Lipinski definition) is 4. The average Bonchev–Trinajstić information content (AvgIpc) is 2.94. The van der Waals surface area contributed by atoms with Gasteiger partial charge in [-0.05, 0) is 50.8 Å². The third-order valence-corrected chi connectivity index (χ3v) is 9.90. The molecule has 1 aromatic rings. The van der Waals surface area contributed by atoms with Gasteiger partial charge in [-0.3, -0.25) is 9.59 Å². The van der Waals surface area contributed by atoms with E-state index in [2.05, 4.69) is 10.6 Å². The molecule has 0 aromatic heterocycles. The Bertz CT molecular complexity index is 1040. The van der Waals surface area contributed by atoms with Crippen LogP contribution in [0.3, 0.4) is 0 Å². The van der Waals surface area contributed by atoms with E-state index >= 15 is 0 Å². The molecule has 0 radical (unpaired) electrons. The van der Waals surface area contributed by atoms with Gasteiger partial charge in [-0.25, -0.2) is 8.42 Å². The first kappa shape index (κ1) is 36.2. The van der Waals surface area contributed by atoms with Crippen LogP contribution in [-0.4, -0.2) is 92.3 Å². The van der Waals surface area contributed by atoms with E-state index < -0.39 is 45.8 Å². The molecule has 1 fully saturated rings. The van der Waals surface area contributed by atoms with Gasteiger partial charge in [-0.2, -0.15) is 0 Å². The number of nitrogens with one attached hydrogen (secondary N) is 2. The summed E-state index contributed by atoms with van der Waals surface area (Å²) in [6.07, 6.45) is 4.85. The zero-order chi connectivity index (χ0) is 31.3. The summed E-state index contributed by atoms with van der Waals surface area (Å²) in [7, 11) is 0.125. The summed E-state index contributed by atoms with van der Waals surface area (Å²) in [6, 6.07) is 8.73. The van der Waals surface area contributed by atoms with Crippen LogP contribution in [0, 0.1) is 23.7 Å². The van der Waals surface area contributed by atoms with Crippen molar-refractivity contribution in [2.24, 2.45) is 23.7 Å². The van der Waals surface area contributed by atoms with Crippen LogP contribution >= 0.6 is 0 Å². The number of carbonyl (C=O) groups is 2. The summed E-state index contributed by atoms with van der Waals surface area (Å²) in [5, 5.41) is 27.5. The van der Waals surface area contributed by atoms with Crippen molar-refractivity contribution in [1.29, 1.82) is 0 Å². The van der Waals surface area contributed by atoms with E-state index in [4.69, 9.17) is 0 Å². The Morgan fingerprint density at radius 3 is 2.24 bits per heavy atom. The zero-order valence-electron chi connectivity index (χ0n) is 26.3. The SMILES string of the molecule is CC(C)CC(O)C(O)C(CC1CCCCC1)NC(=O)C(C)CNC(=O)C(Cc1ccccc1)CS(=O)(=O)CCN(C)C. The molecule has 1 aromatic carbocycles. The first-order chi connectivity index (χ1) is 19.8. The van der Waals surface area contributed by atoms with Gasteiger partial charge in [0.15, 0.2) is 9.84 Å². The number of rotatable bonds is 18. The quantitative estimate of drug-likeness (QED) is 0.201. The molecular formula is C32H55N3O6S. The fourth-order valence-corrected chi connectivity index (χ4v) is 7.30. The van der Waals surface area contributed by atoms with Gasteiger partial charge < -0.3 is 25.7 Å². The molecule has 5 atom stereocenters. The molecule has 0 saturated heterocycles. The topological polar surface area (TPSA) is 136 Å². The minimum absolute atomic E-state index is 0.0362. The van der Waals surface area contributed by atoms with Gasteiger partial charge in [0, 0.05) is 13.1 Å². The smallest absolute Gasteiger partial charge is 0.224 e. The van der Waals surface area contributed by atoms with Crippen LogP contribution in [0.25, 0.3) is 0 Å². The van der Waals surface area contributed by atoms with Crippen LogP contribution in [0.1, 0.15) is 71.3 Å². The maximum absolute atomic E-state index is 13.3. The van der Waals surface area contributed by atoms with Crippen molar-refractivity contribution < 1.29 is 28.2 Å². The van der Waals surface area contributed by atoms with Crippen LogP contribution in [0.2, 0.25) is 0 Å². The van der Waals surface area contributed by atoms with Gasteiger partial charge >= 0.3 is 0 Å². The molecule has 4 N–H and O–H groups in total. The second-order valence-corrected chi connectivity index (χ2v) is 15.2. The maximum Gasteiger partial charge on any atom is 0.224 e. The predicted molar refractivity (Wildman–Crippen MR) is 168 cm³/mol. The molecule has 1 aliphatic rings. The molecule has 0 aliphatic heterocycles. The van der Waals surface area contributed by atoms with Gasteiger partial charge in [0.1, 0.15) is 6.10 Å². The van der Waals surface area contributed by atoms with Crippen molar-refractivity contribution in [3.63, 3.8) is 0 Å². The lowest BCUT2D eigenvalue weighted by Gasteiger charge is -2.33. The number of hydrogen-bond acceptors (Lipinski definition) is 7. The Hall–Kier alpha value is -2.01. The molecule has 42 heavy (non-hydrogen) atoms. The minimum atomic E-state index is -3.49. The van der Waals surface area contributed by atoms with Crippen LogP contribution in [0.5, 0.6) is 0 Å². The Morgan fingerprint density at radius 1 is 1.00 bits per heavy atom. The van der Waals surface area contributed by atoms with Crippen molar-refractivity contribution in [3.8, 4) is 0 Å². The van der Waals surface area contributed by atoms with E-state index in [0.29, 0.717) is 25.3 Å². The van der Waals surface area contributed by atoms with E-state index in [1.54, 1.807) is 25.9 Å². The highest BCUT2D eigenvalue weighted by molar-refractivity contribution is 7.91. The molecule has 0 heterocycles. The van der Waals surface area contributed by atoms with Crippen LogP contribution in [-0.2, 0) is 25.8 Å². The van der Waals surface area contributed by atoms with E-state index in [1.807, 2.05) is 44.2 Å². The first-order valence-corrected chi connectivity index (χ1v) is 17.4. The van der Waals surface area contributed by atoms with Crippen molar-refractivity contribution >= 4 is 21.7 Å². The number of aliphatic hydroxyl groups is 2. The molecule has 1 saturated carbocycles. The second-order valence-electron chi connectivity index (χ2n) is 13.0. The van der Waals surface area contributed by atoms with Gasteiger partial charge in [-0.1, -0.05) is 83.2 Å². The summed E-state index contributed by atoms with van der Waals surface area (Å²) < 4.78 is 25.7. The fraction of sp³-hybridized carbons (Fsp3) is 0.750. The molecular weight excluding hydrogens is 554 g/mol. The first-order valence-electron chi connectivity index (χ1n) is 15.6. The highest BCUT2D eigenvalue weighted by Crippen LogP contribution is 2.29. The van der Waals surface area contributed by atoms with Crippen LogP contribution in [0.15, 0.2) is 30.3 Å². The molecule has 0 spiro atoms. The summed E-state index contributed by atoms with van der Waals surface area (Å²) >= 11 is 0. The van der Waals surface area contributed by atoms with Gasteiger partial charge in [0.05, 0.1) is 35.5 Å². The molecule has 0 bridgehead atoms. The largest absolute Gasteiger partial charge is 0.390 e. The molecule has 240 valence electrons. The third-order valence-electron chi connectivity index (χ3n) is 8.19. The van der Waals surface area contributed by atoms with Crippen molar-refractivity contribution in [3.05, 3.63) is 35.9 Å². The normalized spacial score (nSPS) is 18.3. The van der Waals surface area contributed by atoms with Gasteiger partial charge in [0.2, 0.25) is 11.8 Å². The van der Waals surface area contributed by atoms with E-state index in [0.717, 1.165) is 31.2 Å². The average molecular weight is 610 g/mol. The Labute approximate surface area is 253 Å². The van der Waals surface area contributed by atoms with Gasteiger partial charge in [-0.15, -0.1) is 0 Å². The van der Waals surface area contributed by atoms with Crippen molar-refractivity contribution in [2.75, 3.05) is 38.7 Å². The molecule has 10 heteroatoms. The zero-order valence-corrected chi connectivity index (χ0v) is 27.1. The Morgan fingerprint density at radius 2 is 1.64 bits per heavy atom. The number of aliphatic hydroxyl groups excluding tert-OH is 2. The van der Waals surface area contributed by atoms with E-state index in [9.17, 15) is 28.2 Å². The monoisotopic (exact) mass is 609 g/mol. The highest BCUT2D eigenvalue weighted by atomic mass is 32.2. The number of nitrogens with zero attached hydrogens (tertiary/aromatic N) is 1. The number of benzene rings is 1. The van der Waals surface area contributed by atoms with Crippen LogP contribution in [0.4, 0.5) is 0 Å². The summed E-state index contributed by atoms with van der Waals surface area (Å²) in [5.41, 5.74) is 0.866. The third kappa shape index (κ3) is 13.5. The Kier molecular flexibility index (Phi) is 15.5. The lowest BCUT2D eigenvalue weighted by atomic mass is 9.82. The van der Waals surface area contributed by atoms with Crippen LogP contribution < -0.4 is 10.6 Å². The predicted octanol–water partition coefficient (Wildman–Crippen LogP) is 2.80. The number of amides is 2.